The van der Waals surface area contributed by atoms with Crippen LogP contribution in [0, 0.1) is 0 Å². The van der Waals surface area contributed by atoms with Crippen molar-refractivity contribution in [2.24, 2.45) is 0 Å². The molecule has 2 aromatic carbocycles. The summed E-state index contributed by atoms with van der Waals surface area (Å²) in [5, 5.41) is 3.40. The molecular formula is C21H18ClN3O4. The van der Waals surface area contributed by atoms with E-state index in [2.05, 4.69) is 5.32 Å². The van der Waals surface area contributed by atoms with Crippen LogP contribution in [0.2, 0.25) is 5.02 Å². The van der Waals surface area contributed by atoms with Gasteiger partial charge in [0.2, 0.25) is 11.8 Å². The van der Waals surface area contributed by atoms with E-state index in [0.717, 1.165) is 10.6 Å². The number of rotatable bonds is 5. The number of hydrogen-bond donors (Lipinski definition) is 1. The number of halogens is 1. The van der Waals surface area contributed by atoms with Gasteiger partial charge in [0, 0.05) is 36.6 Å². The summed E-state index contributed by atoms with van der Waals surface area (Å²) in [5.41, 5.74) is 1.44. The molecule has 1 saturated heterocycles. The molecule has 0 aliphatic carbocycles. The first-order valence-corrected chi connectivity index (χ1v) is 9.62. The van der Waals surface area contributed by atoms with Crippen LogP contribution in [-0.4, -0.2) is 47.7 Å². The first-order chi connectivity index (χ1) is 13.9. The third-order valence-electron chi connectivity index (χ3n) is 5.07. The van der Waals surface area contributed by atoms with E-state index in [-0.39, 0.29) is 49.1 Å². The highest BCUT2D eigenvalue weighted by Crippen LogP contribution is 2.24. The normalized spacial score (nSPS) is 18.4. The lowest BCUT2D eigenvalue weighted by atomic mass is 10.1. The molecule has 1 atom stereocenters. The van der Waals surface area contributed by atoms with Crippen LogP contribution in [0.3, 0.4) is 0 Å². The Kier molecular flexibility index (Phi) is 5.07. The Bertz CT molecular complexity index is 970. The van der Waals surface area contributed by atoms with Gasteiger partial charge < -0.3 is 10.2 Å². The van der Waals surface area contributed by atoms with Crippen molar-refractivity contribution in [1.82, 2.24) is 10.2 Å². The summed E-state index contributed by atoms with van der Waals surface area (Å²) in [5.74, 6) is -1.16. The second kappa shape index (κ2) is 7.67. The molecule has 2 aliphatic heterocycles. The number of anilines is 1. The highest BCUT2D eigenvalue weighted by molar-refractivity contribution is 6.30. The molecule has 0 aromatic heterocycles. The van der Waals surface area contributed by atoms with Crippen LogP contribution < -0.4 is 10.2 Å². The molecule has 148 valence electrons. The van der Waals surface area contributed by atoms with E-state index in [1.54, 1.807) is 53.4 Å². The molecule has 0 radical (unpaired) electrons. The summed E-state index contributed by atoms with van der Waals surface area (Å²) in [6.07, 6.45) is 0.179. The molecule has 4 amide bonds. The van der Waals surface area contributed by atoms with Gasteiger partial charge in [0.15, 0.2) is 0 Å². The number of amides is 4. The van der Waals surface area contributed by atoms with Gasteiger partial charge in [-0.15, -0.1) is 0 Å². The van der Waals surface area contributed by atoms with Gasteiger partial charge in [0.1, 0.15) is 0 Å². The maximum absolute atomic E-state index is 12.3. The van der Waals surface area contributed by atoms with Crippen molar-refractivity contribution < 1.29 is 19.2 Å². The summed E-state index contributed by atoms with van der Waals surface area (Å²) in [7, 11) is 0. The fourth-order valence-corrected chi connectivity index (χ4v) is 3.76. The van der Waals surface area contributed by atoms with E-state index >= 15 is 0 Å². The van der Waals surface area contributed by atoms with E-state index in [1.807, 2.05) is 0 Å². The highest BCUT2D eigenvalue weighted by atomic mass is 35.5. The zero-order valence-electron chi connectivity index (χ0n) is 15.4. The van der Waals surface area contributed by atoms with Crippen LogP contribution >= 0.6 is 11.6 Å². The Hall–Kier alpha value is -3.19. The summed E-state index contributed by atoms with van der Waals surface area (Å²) >= 11 is 5.88. The molecule has 2 heterocycles. The van der Waals surface area contributed by atoms with Crippen molar-refractivity contribution >= 4 is 40.9 Å². The first-order valence-electron chi connectivity index (χ1n) is 9.24. The Morgan fingerprint density at radius 3 is 2.24 bits per heavy atom. The molecule has 1 N–H and O–H groups in total. The summed E-state index contributed by atoms with van der Waals surface area (Å²) in [6, 6.07) is 13.2. The topological polar surface area (TPSA) is 86.8 Å². The smallest absolute Gasteiger partial charge is 0.261 e. The molecule has 2 aliphatic rings. The fourth-order valence-electron chi connectivity index (χ4n) is 3.63. The molecule has 0 spiro atoms. The molecule has 0 bridgehead atoms. The van der Waals surface area contributed by atoms with Crippen molar-refractivity contribution in [2.75, 3.05) is 18.0 Å². The van der Waals surface area contributed by atoms with Crippen LogP contribution in [0.1, 0.15) is 33.6 Å². The number of carbonyl (C=O) groups is 4. The third kappa shape index (κ3) is 3.73. The predicted octanol–water partition coefficient (Wildman–Crippen LogP) is 2.25. The monoisotopic (exact) mass is 411 g/mol. The number of nitrogens with zero attached hydrogens (tertiary/aromatic N) is 2. The molecule has 1 fully saturated rings. The van der Waals surface area contributed by atoms with Crippen molar-refractivity contribution in [3.05, 3.63) is 64.7 Å². The largest absolute Gasteiger partial charge is 0.351 e. The van der Waals surface area contributed by atoms with Gasteiger partial charge in [-0.05, 0) is 36.4 Å². The van der Waals surface area contributed by atoms with E-state index in [4.69, 9.17) is 11.6 Å². The second-order valence-corrected chi connectivity index (χ2v) is 7.44. The van der Waals surface area contributed by atoms with Gasteiger partial charge in [-0.25, -0.2) is 0 Å². The Morgan fingerprint density at radius 1 is 1.00 bits per heavy atom. The standard InChI is InChI=1S/C21H18ClN3O4/c22-13-5-7-15(8-6-13)25-12-14(11-19(25)27)23-18(26)9-10-24-20(28)16-3-1-2-4-17(16)21(24)29/h1-8,14H,9-12H2,(H,23,26)/t14-/m0/s1. The minimum absolute atomic E-state index is 0.000253. The number of imide groups is 1. The van der Waals surface area contributed by atoms with E-state index in [0.29, 0.717) is 22.7 Å². The average molecular weight is 412 g/mol. The maximum Gasteiger partial charge on any atom is 0.261 e. The summed E-state index contributed by atoms with van der Waals surface area (Å²) < 4.78 is 0. The first kappa shape index (κ1) is 19.1. The maximum atomic E-state index is 12.3. The van der Waals surface area contributed by atoms with Crippen LogP contribution in [0.15, 0.2) is 48.5 Å². The molecule has 2 aromatic rings. The quantitative estimate of drug-likeness (QED) is 0.764. The van der Waals surface area contributed by atoms with Crippen molar-refractivity contribution in [2.45, 2.75) is 18.9 Å². The SMILES string of the molecule is O=C(CCN1C(=O)c2ccccc2C1=O)N[C@H]1CC(=O)N(c2ccc(Cl)cc2)C1. The lowest BCUT2D eigenvalue weighted by molar-refractivity contribution is -0.121. The lowest BCUT2D eigenvalue weighted by Crippen LogP contribution is -2.39. The Balaban J connectivity index is 1.32. The number of carbonyl (C=O) groups excluding carboxylic acids is 4. The van der Waals surface area contributed by atoms with Crippen molar-refractivity contribution in [3.8, 4) is 0 Å². The van der Waals surface area contributed by atoms with Gasteiger partial charge in [0.05, 0.1) is 17.2 Å². The molecule has 0 saturated carbocycles. The van der Waals surface area contributed by atoms with Crippen molar-refractivity contribution in [3.63, 3.8) is 0 Å². The molecule has 7 nitrogen and oxygen atoms in total. The van der Waals surface area contributed by atoms with Gasteiger partial charge in [-0.2, -0.15) is 0 Å². The zero-order chi connectivity index (χ0) is 20.5. The number of hydrogen-bond acceptors (Lipinski definition) is 4. The summed E-state index contributed by atoms with van der Waals surface area (Å²) in [6.45, 7) is 0.360. The van der Waals surface area contributed by atoms with Gasteiger partial charge in [-0.1, -0.05) is 23.7 Å². The van der Waals surface area contributed by atoms with E-state index in [9.17, 15) is 19.2 Å². The minimum Gasteiger partial charge on any atom is -0.351 e. The van der Waals surface area contributed by atoms with Gasteiger partial charge in [-0.3, -0.25) is 24.1 Å². The van der Waals surface area contributed by atoms with Crippen LogP contribution in [0.4, 0.5) is 5.69 Å². The number of nitrogens with one attached hydrogen (secondary N) is 1. The molecule has 4 rings (SSSR count). The second-order valence-electron chi connectivity index (χ2n) is 7.01. The molecule has 0 unspecified atom stereocenters. The van der Waals surface area contributed by atoms with Crippen LogP contribution in [0.25, 0.3) is 0 Å². The van der Waals surface area contributed by atoms with Crippen LogP contribution in [-0.2, 0) is 9.59 Å². The number of fused-ring (bicyclic) bond motifs is 1. The Labute approximate surface area is 172 Å². The summed E-state index contributed by atoms with van der Waals surface area (Å²) in [4.78, 5) is 52.0. The van der Waals surface area contributed by atoms with Crippen LogP contribution in [0.5, 0.6) is 0 Å². The van der Waals surface area contributed by atoms with Crippen molar-refractivity contribution in [1.29, 1.82) is 0 Å². The molecular weight excluding hydrogens is 394 g/mol. The molecule has 29 heavy (non-hydrogen) atoms. The third-order valence-corrected chi connectivity index (χ3v) is 5.32. The molecule has 8 heteroatoms. The highest BCUT2D eigenvalue weighted by Gasteiger charge is 2.36. The lowest BCUT2D eigenvalue weighted by Gasteiger charge is -2.18. The minimum atomic E-state index is -0.386. The average Bonchev–Trinajstić information content (AvgIpc) is 3.19. The van der Waals surface area contributed by atoms with Gasteiger partial charge >= 0.3 is 0 Å². The fraction of sp³-hybridized carbons (Fsp3) is 0.238. The zero-order valence-corrected chi connectivity index (χ0v) is 16.2. The van der Waals surface area contributed by atoms with Gasteiger partial charge in [0.25, 0.3) is 11.8 Å². The Morgan fingerprint density at radius 2 is 1.62 bits per heavy atom. The van der Waals surface area contributed by atoms with E-state index < -0.39 is 0 Å². The van der Waals surface area contributed by atoms with E-state index in [1.165, 1.54) is 0 Å². The number of benzene rings is 2. The predicted molar refractivity (Wildman–Crippen MR) is 107 cm³/mol.